The summed E-state index contributed by atoms with van der Waals surface area (Å²) < 4.78 is 10.9. The lowest BCUT2D eigenvalue weighted by atomic mass is 10.1. The Bertz CT molecular complexity index is 710. The molecule has 0 heterocycles. The Morgan fingerprint density at radius 2 is 1.58 bits per heavy atom. The van der Waals surface area contributed by atoms with Crippen LogP contribution in [-0.2, 0) is 16.0 Å². The Morgan fingerprint density at radius 3 is 2.15 bits per heavy atom. The number of aryl methyl sites for hydroxylation is 1. The average molecular weight is 357 g/mol. The standard InChI is InChI=1S/C20H23NO5/c1-2-13-25-17-8-10-18(11-9-17)26-14-19(22)21-16-6-3-15(4-7-16)5-12-20(23)24/h3-4,6-11H,2,5,12-14H2,1H3,(H,21,22)(H,23,24). The lowest BCUT2D eigenvalue weighted by Crippen LogP contribution is -2.20. The maximum Gasteiger partial charge on any atom is 0.303 e. The molecular weight excluding hydrogens is 334 g/mol. The topological polar surface area (TPSA) is 84.9 Å². The summed E-state index contributed by atoms with van der Waals surface area (Å²) in [6, 6.07) is 14.2. The van der Waals surface area contributed by atoms with Gasteiger partial charge in [0.25, 0.3) is 5.91 Å². The van der Waals surface area contributed by atoms with Gasteiger partial charge < -0.3 is 19.9 Å². The molecule has 2 rings (SSSR count). The van der Waals surface area contributed by atoms with E-state index in [4.69, 9.17) is 14.6 Å². The number of carbonyl (C=O) groups is 2. The van der Waals surface area contributed by atoms with E-state index in [1.165, 1.54) is 0 Å². The first kappa shape index (κ1) is 19.3. The number of ether oxygens (including phenoxy) is 2. The van der Waals surface area contributed by atoms with Crippen molar-refractivity contribution in [3.8, 4) is 11.5 Å². The van der Waals surface area contributed by atoms with Crippen LogP contribution >= 0.6 is 0 Å². The fourth-order valence-electron chi connectivity index (χ4n) is 2.20. The molecule has 26 heavy (non-hydrogen) atoms. The third-order valence-corrected chi connectivity index (χ3v) is 3.53. The first-order valence-corrected chi connectivity index (χ1v) is 8.53. The van der Waals surface area contributed by atoms with E-state index < -0.39 is 5.97 Å². The molecule has 2 aromatic rings. The number of carboxylic acids is 1. The van der Waals surface area contributed by atoms with Crippen molar-refractivity contribution in [2.75, 3.05) is 18.5 Å². The predicted molar refractivity (Wildman–Crippen MR) is 98.8 cm³/mol. The van der Waals surface area contributed by atoms with E-state index in [2.05, 4.69) is 5.32 Å². The zero-order valence-electron chi connectivity index (χ0n) is 14.7. The van der Waals surface area contributed by atoms with Crippen LogP contribution in [0.3, 0.4) is 0 Å². The van der Waals surface area contributed by atoms with Gasteiger partial charge in [-0.15, -0.1) is 0 Å². The first-order valence-electron chi connectivity index (χ1n) is 8.53. The Labute approximate surface area is 152 Å². The lowest BCUT2D eigenvalue weighted by molar-refractivity contribution is -0.137. The quantitative estimate of drug-likeness (QED) is 0.680. The summed E-state index contributed by atoms with van der Waals surface area (Å²) >= 11 is 0. The summed E-state index contributed by atoms with van der Waals surface area (Å²) in [6.45, 7) is 2.60. The fraction of sp³-hybridized carbons (Fsp3) is 0.300. The molecule has 138 valence electrons. The molecule has 6 heteroatoms. The van der Waals surface area contributed by atoms with E-state index in [1.807, 2.05) is 6.92 Å². The number of nitrogens with one attached hydrogen (secondary N) is 1. The van der Waals surface area contributed by atoms with Gasteiger partial charge in [-0.1, -0.05) is 19.1 Å². The number of carboxylic acid groups (broad SMARTS) is 1. The summed E-state index contributed by atoms with van der Waals surface area (Å²) in [5, 5.41) is 11.4. The minimum absolute atomic E-state index is 0.0851. The van der Waals surface area contributed by atoms with Crippen molar-refractivity contribution >= 4 is 17.6 Å². The normalized spacial score (nSPS) is 10.2. The van der Waals surface area contributed by atoms with Gasteiger partial charge in [-0.2, -0.15) is 0 Å². The van der Waals surface area contributed by atoms with Crippen LogP contribution in [0.2, 0.25) is 0 Å². The molecule has 2 aromatic carbocycles. The molecule has 0 bridgehead atoms. The van der Waals surface area contributed by atoms with Gasteiger partial charge in [-0.05, 0) is 54.8 Å². The number of rotatable bonds is 10. The second kappa shape index (κ2) is 10.1. The maximum atomic E-state index is 12.0. The van der Waals surface area contributed by atoms with E-state index in [9.17, 15) is 9.59 Å². The molecule has 0 spiro atoms. The van der Waals surface area contributed by atoms with Gasteiger partial charge in [0.15, 0.2) is 6.61 Å². The highest BCUT2D eigenvalue weighted by Crippen LogP contribution is 2.18. The molecule has 0 saturated heterocycles. The predicted octanol–water partition coefficient (Wildman–Crippen LogP) is 3.51. The molecule has 0 radical (unpaired) electrons. The molecule has 0 aliphatic heterocycles. The average Bonchev–Trinajstić information content (AvgIpc) is 2.65. The van der Waals surface area contributed by atoms with Crippen molar-refractivity contribution in [3.05, 3.63) is 54.1 Å². The van der Waals surface area contributed by atoms with Crippen molar-refractivity contribution in [1.82, 2.24) is 0 Å². The van der Waals surface area contributed by atoms with Gasteiger partial charge in [0.05, 0.1) is 6.61 Å². The lowest BCUT2D eigenvalue weighted by Gasteiger charge is -2.09. The van der Waals surface area contributed by atoms with Gasteiger partial charge in [0.2, 0.25) is 0 Å². The van der Waals surface area contributed by atoms with Crippen LogP contribution < -0.4 is 14.8 Å². The number of hydrogen-bond acceptors (Lipinski definition) is 4. The van der Waals surface area contributed by atoms with Gasteiger partial charge in [0.1, 0.15) is 11.5 Å². The first-order chi connectivity index (χ1) is 12.6. The SMILES string of the molecule is CCCOc1ccc(OCC(=O)Nc2ccc(CCC(=O)O)cc2)cc1. The van der Waals surface area contributed by atoms with Crippen LogP contribution in [0.4, 0.5) is 5.69 Å². The molecule has 0 atom stereocenters. The molecule has 0 aliphatic rings. The van der Waals surface area contributed by atoms with E-state index in [0.29, 0.717) is 24.5 Å². The molecule has 0 saturated carbocycles. The van der Waals surface area contributed by atoms with E-state index in [-0.39, 0.29) is 18.9 Å². The number of benzene rings is 2. The summed E-state index contributed by atoms with van der Waals surface area (Å²) in [5.74, 6) is 0.263. The highest BCUT2D eigenvalue weighted by atomic mass is 16.5. The summed E-state index contributed by atoms with van der Waals surface area (Å²) in [4.78, 5) is 22.5. The number of amides is 1. The van der Waals surface area contributed by atoms with Crippen molar-refractivity contribution in [1.29, 1.82) is 0 Å². The summed E-state index contributed by atoms with van der Waals surface area (Å²) in [6.07, 6.45) is 1.49. The molecule has 0 aliphatic carbocycles. The molecule has 0 aromatic heterocycles. The van der Waals surface area contributed by atoms with Gasteiger partial charge in [-0.25, -0.2) is 0 Å². The second-order valence-corrected chi connectivity index (χ2v) is 5.75. The van der Waals surface area contributed by atoms with Gasteiger partial charge in [0, 0.05) is 12.1 Å². The molecule has 0 unspecified atom stereocenters. The van der Waals surface area contributed by atoms with E-state index in [0.717, 1.165) is 17.7 Å². The maximum absolute atomic E-state index is 12.0. The highest BCUT2D eigenvalue weighted by molar-refractivity contribution is 5.91. The Balaban J connectivity index is 1.76. The van der Waals surface area contributed by atoms with Crippen LogP contribution in [-0.4, -0.2) is 30.2 Å². The molecular formula is C20H23NO5. The smallest absolute Gasteiger partial charge is 0.303 e. The zero-order chi connectivity index (χ0) is 18.8. The monoisotopic (exact) mass is 357 g/mol. The summed E-state index contributed by atoms with van der Waals surface area (Å²) in [5.41, 5.74) is 1.55. The van der Waals surface area contributed by atoms with Crippen molar-refractivity contribution in [2.24, 2.45) is 0 Å². The van der Waals surface area contributed by atoms with E-state index in [1.54, 1.807) is 48.5 Å². The van der Waals surface area contributed by atoms with E-state index >= 15 is 0 Å². The molecule has 0 fully saturated rings. The Kier molecular flexibility index (Phi) is 7.49. The molecule has 6 nitrogen and oxygen atoms in total. The molecule has 1 amide bonds. The van der Waals surface area contributed by atoms with Gasteiger partial charge >= 0.3 is 5.97 Å². The third-order valence-electron chi connectivity index (χ3n) is 3.53. The fourth-order valence-corrected chi connectivity index (χ4v) is 2.20. The Hall–Kier alpha value is -3.02. The van der Waals surface area contributed by atoms with Crippen LogP contribution in [0.5, 0.6) is 11.5 Å². The minimum atomic E-state index is -0.829. The molecule has 2 N–H and O–H groups in total. The number of anilines is 1. The minimum Gasteiger partial charge on any atom is -0.494 e. The van der Waals surface area contributed by atoms with Crippen molar-refractivity contribution in [3.63, 3.8) is 0 Å². The zero-order valence-corrected chi connectivity index (χ0v) is 14.7. The van der Waals surface area contributed by atoms with Crippen molar-refractivity contribution < 1.29 is 24.2 Å². The number of hydrogen-bond donors (Lipinski definition) is 2. The largest absolute Gasteiger partial charge is 0.494 e. The summed E-state index contributed by atoms with van der Waals surface area (Å²) in [7, 11) is 0. The van der Waals surface area contributed by atoms with Crippen LogP contribution in [0.1, 0.15) is 25.3 Å². The number of aliphatic carboxylic acids is 1. The van der Waals surface area contributed by atoms with Crippen LogP contribution in [0.15, 0.2) is 48.5 Å². The third kappa shape index (κ3) is 6.84. The highest BCUT2D eigenvalue weighted by Gasteiger charge is 2.05. The van der Waals surface area contributed by atoms with Crippen LogP contribution in [0, 0.1) is 0 Å². The number of carbonyl (C=O) groups excluding carboxylic acids is 1. The van der Waals surface area contributed by atoms with Gasteiger partial charge in [-0.3, -0.25) is 9.59 Å². The Morgan fingerprint density at radius 1 is 0.962 bits per heavy atom. The van der Waals surface area contributed by atoms with Crippen molar-refractivity contribution in [2.45, 2.75) is 26.2 Å². The van der Waals surface area contributed by atoms with Crippen LogP contribution in [0.25, 0.3) is 0 Å². The second-order valence-electron chi connectivity index (χ2n) is 5.75.